The van der Waals surface area contributed by atoms with Gasteiger partial charge in [0.25, 0.3) is 0 Å². The molecule has 6 rings (SSSR count). The summed E-state index contributed by atoms with van der Waals surface area (Å²) in [5.41, 5.74) is 5.64. The third kappa shape index (κ3) is 2.29. The monoisotopic (exact) mass is 382 g/mol. The Bertz CT molecular complexity index is 1370. The normalized spacial score (nSPS) is 17.0. The van der Waals surface area contributed by atoms with Gasteiger partial charge in [-0.05, 0) is 17.7 Å². The fourth-order valence-corrected chi connectivity index (χ4v) is 4.65. The van der Waals surface area contributed by atoms with Crippen LogP contribution in [-0.4, -0.2) is 32.1 Å². The van der Waals surface area contributed by atoms with Crippen LogP contribution in [0.4, 0.5) is 0 Å². The quantitative estimate of drug-likeness (QED) is 0.542. The summed E-state index contributed by atoms with van der Waals surface area (Å²) in [6.45, 7) is 2.49. The lowest BCUT2D eigenvalue weighted by Gasteiger charge is -2.06. The number of benzene rings is 1. The second-order valence-electron chi connectivity index (χ2n) is 7.57. The number of carbonyl (C=O) groups is 2. The van der Waals surface area contributed by atoms with Crippen molar-refractivity contribution in [3.8, 4) is 0 Å². The van der Waals surface area contributed by atoms with Crippen molar-refractivity contribution in [2.24, 2.45) is 0 Å². The molecule has 0 saturated carbocycles. The van der Waals surface area contributed by atoms with Crippen LogP contribution < -0.4 is 5.32 Å². The number of allylic oxidation sites excluding steroid dienone is 2. The van der Waals surface area contributed by atoms with Gasteiger partial charge >= 0.3 is 0 Å². The lowest BCUT2D eigenvalue weighted by molar-refractivity contribution is -0.119. The average molecular weight is 382 g/mol. The van der Waals surface area contributed by atoms with Crippen molar-refractivity contribution in [3.63, 3.8) is 0 Å². The maximum atomic E-state index is 13.0. The number of ketones is 2. The summed E-state index contributed by atoms with van der Waals surface area (Å²) in [5, 5.41) is 4.45. The Labute approximate surface area is 166 Å². The third-order valence-corrected chi connectivity index (χ3v) is 5.90. The molecule has 1 aliphatic carbocycles. The fraction of sp³-hybridized carbons (Fsp3) is 0.174. The Balaban J connectivity index is 1.68. The number of fused-ring (bicyclic) bond motifs is 1. The molecule has 2 aliphatic rings. The van der Waals surface area contributed by atoms with Gasteiger partial charge in [-0.3, -0.25) is 14.0 Å². The molecule has 29 heavy (non-hydrogen) atoms. The van der Waals surface area contributed by atoms with Crippen molar-refractivity contribution >= 4 is 39.3 Å². The smallest absolute Gasteiger partial charge is 0.173 e. The molecular formula is C23H18N4O2. The molecule has 0 atom stereocenters. The minimum absolute atomic E-state index is 0.0847. The first-order valence-corrected chi connectivity index (χ1v) is 9.77. The highest BCUT2D eigenvalue weighted by atomic mass is 16.2. The van der Waals surface area contributed by atoms with E-state index in [0.717, 1.165) is 41.7 Å². The first-order valence-electron chi connectivity index (χ1n) is 9.77. The van der Waals surface area contributed by atoms with Crippen LogP contribution in [0.5, 0.6) is 0 Å². The summed E-state index contributed by atoms with van der Waals surface area (Å²) in [4.78, 5) is 30.4. The van der Waals surface area contributed by atoms with Crippen molar-refractivity contribution in [3.05, 3.63) is 71.8 Å². The summed E-state index contributed by atoms with van der Waals surface area (Å²) in [5.74, 6) is -0.253. The zero-order valence-corrected chi connectivity index (χ0v) is 15.7. The number of imidazole rings is 1. The summed E-state index contributed by atoms with van der Waals surface area (Å²) >= 11 is 0. The molecule has 4 heterocycles. The van der Waals surface area contributed by atoms with Gasteiger partial charge in [-0.2, -0.15) is 0 Å². The molecular weight excluding hydrogens is 364 g/mol. The van der Waals surface area contributed by atoms with Crippen LogP contribution in [0, 0.1) is 0 Å². The van der Waals surface area contributed by atoms with E-state index in [1.165, 1.54) is 5.56 Å². The van der Waals surface area contributed by atoms with Crippen molar-refractivity contribution in [1.29, 1.82) is 0 Å². The van der Waals surface area contributed by atoms with Gasteiger partial charge in [0.1, 0.15) is 5.65 Å². The molecule has 6 heteroatoms. The molecule has 0 unspecified atom stereocenters. The van der Waals surface area contributed by atoms with Crippen LogP contribution in [0.1, 0.15) is 23.2 Å². The van der Waals surface area contributed by atoms with E-state index in [1.807, 2.05) is 47.1 Å². The molecule has 4 aromatic rings. The van der Waals surface area contributed by atoms with Crippen molar-refractivity contribution < 1.29 is 9.59 Å². The van der Waals surface area contributed by atoms with Crippen LogP contribution >= 0.6 is 0 Å². The van der Waals surface area contributed by atoms with Crippen LogP contribution in [0.2, 0.25) is 0 Å². The van der Waals surface area contributed by atoms with Crippen molar-refractivity contribution in [1.82, 2.24) is 19.3 Å². The number of hydrogen-bond donors (Lipinski definition) is 1. The average Bonchev–Trinajstić information content (AvgIpc) is 3.33. The summed E-state index contributed by atoms with van der Waals surface area (Å²) < 4.78 is 4.08. The van der Waals surface area contributed by atoms with Crippen LogP contribution in [0.25, 0.3) is 27.7 Å². The number of hydrogen-bond acceptors (Lipinski definition) is 4. The van der Waals surface area contributed by atoms with Crippen LogP contribution in [0.3, 0.4) is 0 Å². The Morgan fingerprint density at radius 1 is 1.00 bits per heavy atom. The lowest BCUT2D eigenvalue weighted by atomic mass is 9.98. The number of pyridine rings is 1. The summed E-state index contributed by atoms with van der Waals surface area (Å²) in [7, 11) is 0. The predicted molar refractivity (Wildman–Crippen MR) is 110 cm³/mol. The SMILES string of the molecule is O=C1CC(=O)C(c2cnc3ccccn23)=C1c1cn2c3c(cccc13)CNCC2. The van der Waals surface area contributed by atoms with Gasteiger partial charge in [-0.15, -0.1) is 0 Å². The minimum atomic E-state index is -0.138. The van der Waals surface area contributed by atoms with Gasteiger partial charge in [0, 0.05) is 48.6 Å². The Kier molecular flexibility index (Phi) is 3.40. The summed E-state index contributed by atoms with van der Waals surface area (Å²) in [6.07, 6.45) is 5.53. The van der Waals surface area contributed by atoms with E-state index < -0.39 is 0 Å². The zero-order valence-electron chi connectivity index (χ0n) is 15.7. The van der Waals surface area contributed by atoms with Crippen molar-refractivity contribution in [2.45, 2.75) is 19.5 Å². The molecule has 6 nitrogen and oxygen atoms in total. The predicted octanol–water partition coefficient (Wildman–Crippen LogP) is 2.84. The molecule has 142 valence electrons. The molecule has 1 N–H and O–H groups in total. The Morgan fingerprint density at radius 2 is 1.90 bits per heavy atom. The molecule has 1 aliphatic heterocycles. The molecule has 0 fully saturated rings. The molecule has 0 bridgehead atoms. The topological polar surface area (TPSA) is 68.4 Å². The van der Waals surface area contributed by atoms with E-state index in [4.69, 9.17) is 0 Å². The molecule has 0 saturated heterocycles. The molecule has 0 spiro atoms. The number of carbonyl (C=O) groups excluding carboxylic acids is 2. The van der Waals surface area contributed by atoms with Gasteiger partial charge in [0.2, 0.25) is 0 Å². The highest BCUT2D eigenvalue weighted by molar-refractivity contribution is 6.51. The largest absolute Gasteiger partial charge is 0.345 e. The second-order valence-corrected chi connectivity index (χ2v) is 7.57. The number of aromatic nitrogens is 3. The first kappa shape index (κ1) is 16.4. The van der Waals surface area contributed by atoms with Gasteiger partial charge in [-0.25, -0.2) is 4.98 Å². The number of rotatable bonds is 2. The highest BCUT2D eigenvalue weighted by Gasteiger charge is 2.35. The highest BCUT2D eigenvalue weighted by Crippen LogP contribution is 2.40. The van der Waals surface area contributed by atoms with Gasteiger partial charge in [0.15, 0.2) is 11.6 Å². The van der Waals surface area contributed by atoms with E-state index in [9.17, 15) is 9.59 Å². The molecule has 3 aromatic heterocycles. The summed E-state index contributed by atoms with van der Waals surface area (Å²) in [6, 6.07) is 11.9. The Morgan fingerprint density at radius 3 is 2.83 bits per heavy atom. The molecule has 1 aromatic carbocycles. The number of nitrogens with one attached hydrogen (secondary N) is 1. The van der Waals surface area contributed by atoms with E-state index in [-0.39, 0.29) is 18.0 Å². The lowest BCUT2D eigenvalue weighted by Crippen LogP contribution is -2.15. The van der Waals surface area contributed by atoms with E-state index in [0.29, 0.717) is 16.8 Å². The van der Waals surface area contributed by atoms with E-state index in [1.54, 1.807) is 6.20 Å². The zero-order chi connectivity index (χ0) is 19.5. The van der Waals surface area contributed by atoms with E-state index in [2.05, 4.69) is 20.9 Å². The standard InChI is InChI=1S/C23H18N4O2/c28-18-10-19(29)22(17-12-25-20-6-1-2-8-27(17)20)21(18)16-13-26-9-7-24-11-14-4-3-5-15(16)23(14)26/h1-6,8,12-13,24H,7,9-11H2. The van der Waals surface area contributed by atoms with Crippen LogP contribution in [-0.2, 0) is 22.7 Å². The maximum absolute atomic E-state index is 13.0. The third-order valence-electron chi connectivity index (χ3n) is 5.90. The van der Waals surface area contributed by atoms with Gasteiger partial charge in [-0.1, -0.05) is 24.3 Å². The van der Waals surface area contributed by atoms with Gasteiger partial charge < -0.3 is 9.88 Å². The Hall–Kier alpha value is -3.51. The maximum Gasteiger partial charge on any atom is 0.173 e. The van der Waals surface area contributed by atoms with E-state index >= 15 is 0 Å². The minimum Gasteiger partial charge on any atom is -0.345 e. The first-order chi connectivity index (χ1) is 14.2. The fourth-order valence-electron chi connectivity index (χ4n) is 4.65. The molecule has 0 radical (unpaired) electrons. The second kappa shape index (κ2) is 5.99. The number of Topliss-reactive ketones (excluding diaryl/α,β-unsaturated/α-hetero) is 2. The van der Waals surface area contributed by atoms with Crippen LogP contribution in [0.15, 0.2) is 55.0 Å². The van der Waals surface area contributed by atoms with Crippen molar-refractivity contribution in [2.75, 3.05) is 6.54 Å². The molecule has 0 amide bonds. The van der Waals surface area contributed by atoms with Gasteiger partial charge in [0.05, 0.1) is 29.4 Å². The number of para-hydroxylation sites is 1. The number of nitrogens with zero attached hydrogens (tertiary/aromatic N) is 3.